The van der Waals surface area contributed by atoms with Gasteiger partial charge in [0.25, 0.3) is 5.91 Å². The lowest BCUT2D eigenvalue weighted by atomic mass is 10.2. The Bertz CT molecular complexity index is 634. The third kappa shape index (κ3) is 4.15. The number of aromatic nitrogens is 3. The molecule has 2 aromatic rings. The predicted octanol–water partition coefficient (Wildman–Crippen LogP) is 1.60. The molecule has 0 aromatic carbocycles. The zero-order chi connectivity index (χ0) is 15.8. The molecule has 0 aliphatic rings. The van der Waals surface area contributed by atoms with Gasteiger partial charge in [0.05, 0.1) is 13.2 Å². The molecule has 0 fully saturated rings. The predicted molar refractivity (Wildman–Crippen MR) is 79.8 cm³/mol. The smallest absolute Gasteiger partial charge is 0.270 e. The van der Waals surface area contributed by atoms with E-state index in [9.17, 15) is 4.79 Å². The highest BCUT2D eigenvalue weighted by Gasteiger charge is 2.11. The van der Waals surface area contributed by atoms with E-state index in [1.54, 1.807) is 12.3 Å². The second-order valence-corrected chi connectivity index (χ2v) is 4.26. The van der Waals surface area contributed by atoms with Gasteiger partial charge in [0.2, 0.25) is 11.8 Å². The molecule has 1 N–H and O–H groups in total. The first kappa shape index (κ1) is 15.7. The average molecular weight is 302 g/mol. The van der Waals surface area contributed by atoms with Crippen LogP contribution in [-0.4, -0.2) is 34.1 Å². The summed E-state index contributed by atoms with van der Waals surface area (Å²) in [5, 5.41) is 2.78. The first-order valence-corrected chi connectivity index (χ1v) is 7.04. The molecule has 2 aromatic heterocycles. The van der Waals surface area contributed by atoms with Gasteiger partial charge in [-0.15, -0.1) is 0 Å². The van der Waals surface area contributed by atoms with E-state index in [0.717, 1.165) is 5.56 Å². The molecule has 0 spiro atoms. The van der Waals surface area contributed by atoms with Gasteiger partial charge >= 0.3 is 0 Å². The third-order valence-corrected chi connectivity index (χ3v) is 2.74. The van der Waals surface area contributed by atoms with Gasteiger partial charge in [-0.3, -0.25) is 4.79 Å². The van der Waals surface area contributed by atoms with Crippen LogP contribution < -0.4 is 14.8 Å². The molecule has 7 heteroatoms. The first-order valence-electron chi connectivity index (χ1n) is 7.04. The van der Waals surface area contributed by atoms with Gasteiger partial charge in [-0.2, -0.15) is 0 Å². The minimum atomic E-state index is -0.311. The summed E-state index contributed by atoms with van der Waals surface area (Å²) in [5.41, 5.74) is 1.05. The molecular weight excluding hydrogens is 284 g/mol. The number of nitrogens with one attached hydrogen (secondary N) is 1. The molecule has 0 saturated carbocycles. The average Bonchev–Trinajstić information content (AvgIpc) is 2.54. The van der Waals surface area contributed by atoms with Crippen molar-refractivity contribution in [1.29, 1.82) is 0 Å². The van der Waals surface area contributed by atoms with Crippen molar-refractivity contribution in [1.82, 2.24) is 20.3 Å². The van der Waals surface area contributed by atoms with Gasteiger partial charge in [-0.1, -0.05) is 6.07 Å². The minimum Gasteiger partial charge on any atom is -0.478 e. The Kier molecular flexibility index (Phi) is 5.65. The molecular formula is C15H18N4O3. The number of hydrogen-bond donors (Lipinski definition) is 1. The monoisotopic (exact) mass is 302 g/mol. The van der Waals surface area contributed by atoms with Crippen molar-refractivity contribution in [2.24, 2.45) is 0 Å². The molecule has 0 bridgehead atoms. The second kappa shape index (κ2) is 7.92. The third-order valence-electron chi connectivity index (χ3n) is 2.74. The van der Waals surface area contributed by atoms with E-state index in [-0.39, 0.29) is 11.6 Å². The van der Waals surface area contributed by atoms with Crippen LogP contribution in [-0.2, 0) is 6.54 Å². The Morgan fingerprint density at radius 3 is 2.77 bits per heavy atom. The van der Waals surface area contributed by atoms with E-state index in [0.29, 0.717) is 31.5 Å². The SMILES string of the molecule is CCOc1cc(C(=O)NCc2cccnc2OCC)ncn1. The van der Waals surface area contributed by atoms with Gasteiger partial charge in [0.15, 0.2) is 0 Å². The molecule has 1 amide bonds. The topological polar surface area (TPSA) is 86.2 Å². The summed E-state index contributed by atoms with van der Waals surface area (Å²) < 4.78 is 10.7. The van der Waals surface area contributed by atoms with Crippen LogP contribution >= 0.6 is 0 Å². The molecule has 2 heterocycles. The summed E-state index contributed by atoms with van der Waals surface area (Å²) in [6, 6.07) is 5.15. The van der Waals surface area contributed by atoms with Crippen LogP contribution in [0.3, 0.4) is 0 Å². The highest BCUT2D eigenvalue weighted by Crippen LogP contribution is 2.14. The van der Waals surface area contributed by atoms with Crippen LogP contribution in [0.4, 0.5) is 0 Å². The van der Waals surface area contributed by atoms with Gasteiger partial charge in [0, 0.05) is 24.4 Å². The van der Waals surface area contributed by atoms with Crippen molar-refractivity contribution >= 4 is 5.91 Å². The number of amides is 1. The highest BCUT2D eigenvalue weighted by atomic mass is 16.5. The van der Waals surface area contributed by atoms with Crippen LogP contribution in [0, 0.1) is 0 Å². The lowest BCUT2D eigenvalue weighted by molar-refractivity contribution is 0.0944. The van der Waals surface area contributed by atoms with Crippen molar-refractivity contribution in [3.8, 4) is 11.8 Å². The van der Waals surface area contributed by atoms with Gasteiger partial charge in [-0.05, 0) is 19.9 Å². The fourth-order valence-electron chi connectivity index (χ4n) is 1.78. The number of nitrogens with zero attached hydrogens (tertiary/aromatic N) is 3. The van der Waals surface area contributed by atoms with E-state index < -0.39 is 0 Å². The normalized spacial score (nSPS) is 10.1. The van der Waals surface area contributed by atoms with Crippen molar-refractivity contribution in [2.75, 3.05) is 13.2 Å². The van der Waals surface area contributed by atoms with Crippen molar-refractivity contribution < 1.29 is 14.3 Å². The largest absolute Gasteiger partial charge is 0.478 e. The fourth-order valence-corrected chi connectivity index (χ4v) is 1.78. The summed E-state index contributed by atoms with van der Waals surface area (Å²) in [7, 11) is 0. The van der Waals surface area contributed by atoms with E-state index in [2.05, 4.69) is 20.3 Å². The fraction of sp³-hybridized carbons (Fsp3) is 0.333. The Morgan fingerprint density at radius 1 is 1.18 bits per heavy atom. The summed E-state index contributed by atoms with van der Waals surface area (Å²) in [5.74, 6) is 0.580. The van der Waals surface area contributed by atoms with Gasteiger partial charge < -0.3 is 14.8 Å². The van der Waals surface area contributed by atoms with Gasteiger partial charge in [-0.25, -0.2) is 15.0 Å². The van der Waals surface area contributed by atoms with Crippen molar-refractivity contribution in [3.63, 3.8) is 0 Å². The molecule has 0 atom stereocenters. The number of rotatable bonds is 7. The maximum atomic E-state index is 12.1. The Labute approximate surface area is 128 Å². The Hall–Kier alpha value is -2.70. The zero-order valence-corrected chi connectivity index (χ0v) is 12.6. The lowest BCUT2D eigenvalue weighted by Crippen LogP contribution is -2.24. The first-order chi connectivity index (χ1) is 10.7. The van der Waals surface area contributed by atoms with Crippen LogP contribution in [0.25, 0.3) is 0 Å². The lowest BCUT2D eigenvalue weighted by Gasteiger charge is -2.09. The molecule has 0 saturated heterocycles. The van der Waals surface area contributed by atoms with Crippen molar-refractivity contribution in [3.05, 3.63) is 42.0 Å². The minimum absolute atomic E-state index is 0.250. The van der Waals surface area contributed by atoms with Crippen molar-refractivity contribution in [2.45, 2.75) is 20.4 Å². The standard InChI is InChI=1S/C15H18N4O3/c1-3-21-13-8-12(18-10-19-13)14(20)17-9-11-6-5-7-16-15(11)22-4-2/h5-8,10H,3-4,9H2,1-2H3,(H,17,20). The molecule has 7 nitrogen and oxygen atoms in total. The molecule has 22 heavy (non-hydrogen) atoms. The summed E-state index contributed by atoms with van der Waals surface area (Å²) in [6.07, 6.45) is 2.95. The van der Waals surface area contributed by atoms with Crippen LogP contribution in [0.1, 0.15) is 29.9 Å². The molecule has 0 aliphatic carbocycles. The molecule has 0 aliphatic heterocycles. The summed E-state index contributed by atoms with van der Waals surface area (Å²) in [6.45, 7) is 5.02. The maximum Gasteiger partial charge on any atom is 0.270 e. The number of carbonyl (C=O) groups is 1. The maximum absolute atomic E-state index is 12.1. The number of pyridine rings is 1. The van der Waals surface area contributed by atoms with Gasteiger partial charge in [0.1, 0.15) is 12.0 Å². The molecule has 0 unspecified atom stereocenters. The number of hydrogen-bond acceptors (Lipinski definition) is 6. The van der Waals surface area contributed by atoms with E-state index in [4.69, 9.17) is 9.47 Å². The van der Waals surface area contributed by atoms with E-state index in [1.807, 2.05) is 19.9 Å². The van der Waals surface area contributed by atoms with Crippen LogP contribution in [0.15, 0.2) is 30.7 Å². The van der Waals surface area contributed by atoms with Crippen LogP contribution in [0.2, 0.25) is 0 Å². The second-order valence-electron chi connectivity index (χ2n) is 4.26. The Morgan fingerprint density at radius 2 is 2.00 bits per heavy atom. The zero-order valence-electron chi connectivity index (χ0n) is 12.6. The Balaban J connectivity index is 2.02. The van der Waals surface area contributed by atoms with E-state index in [1.165, 1.54) is 12.4 Å². The highest BCUT2D eigenvalue weighted by molar-refractivity contribution is 5.92. The van der Waals surface area contributed by atoms with E-state index >= 15 is 0 Å². The van der Waals surface area contributed by atoms with Crippen LogP contribution in [0.5, 0.6) is 11.8 Å². The molecule has 116 valence electrons. The summed E-state index contributed by atoms with van der Waals surface area (Å²) in [4.78, 5) is 24.1. The number of ether oxygens (including phenoxy) is 2. The quantitative estimate of drug-likeness (QED) is 0.836. The number of carbonyl (C=O) groups excluding carboxylic acids is 1. The summed E-state index contributed by atoms with van der Waals surface area (Å²) >= 11 is 0. The molecule has 2 rings (SSSR count). The molecule has 0 radical (unpaired) electrons.